The van der Waals surface area contributed by atoms with Crippen molar-refractivity contribution in [2.45, 2.75) is 50.2 Å². The third-order valence-electron chi connectivity index (χ3n) is 4.90. The number of rotatable bonds is 4. The van der Waals surface area contributed by atoms with Crippen molar-refractivity contribution in [3.8, 4) is 0 Å². The van der Waals surface area contributed by atoms with Crippen molar-refractivity contribution in [1.82, 2.24) is 4.31 Å². The Bertz CT molecular complexity index is 762. The molecule has 144 valence electrons. The smallest absolute Gasteiger partial charge is 0.243 e. The predicted octanol–water partition coefficient (Wildman–Crippen LogP) is 2.26. The molecule has 1 amide bonds. The summed E-state index contributed by atoms with van der Waals surface area (Å²) in [6.07, 6.45) is 2.33. The molecule has 2 aliphatic rings. The lowest BCUT2D eigenvalue weighted by atomic mass is 10.0. The van der Waals surface area contributed by atoms with Gasteiger partial charge in [0, 0.05) is 38.0 Å². The van der Waals surface area contributed by atoms with Crippen molar-refractivity contribution in [1.29, 1.82) is 0 Å². The molecule has 7 nitrogen and oxygen atoms in total. The number of carbonyl (C=O) groups is 1. The summed E-state index contributed by atoms with van der Waals surface area (Å²) >= 11 is 0. The quantitative estimate of drug-likeness (QED) is 0.863. The number of amides is 1. The molecule has 1 N–H and O–H groups in total. The normalized spacial score (nSPS) is 20.8. The fraction of sp³-hybridized carbons (Fsp3) is 0.611. The van der Waals surface area contributed by atoms with Crippen LogP contribution in [0.3, 0.4) is 0 Å². The van der Waals surface area contributed by atoms with Crippen LogP contribution < -0.4 is 5.32 Å². The van der Waals surface area contributed by atoms with Crippen LogP contribution in [0.1, 0.15) is 38.2 Å². The Morgan fingerprint density at radius 1 is 1.23 bits per heavy atom. The number of nitrogens with one attached hydrogen (secondary N) is 1. The van der Waals surface area contributed by atoms with Gasteiger partial charge in [-0.15, -0.1) is 0 Å². The number of carbonyl (C=O) groups excluding carboxylic acids is 1. The minimum Gasteiger partial charge on any atom is -0.350 e. The van der Waals surface area contributed by atoms with E-state index < -0.39 is 15.8 Å². The Hall–Kier alpha value is -1.48. The highest BCUT2D eigenvalue weighted by atomic mass is 32.2. The highest BCUT2D eigenvalue weighted by Gasteiger charge is 2.41. The summed E-state index contributed by atoms with van der Waals surface area (Å²) in [4.78, 5) is 11.8. The van der Waals surface area contributed by atoms with Gasteiger partial charge in [-0.3, -0.25) is 4.79 Å². The minimum atomic E-state index is -3.59. The molecule has 0 aromatic heterocycles. The zero-order chi connectivity index (χ0) is 18.8. The molecular weight excluding hydrogens is 356 g/mol. The van der Waals surface area contributed by atoms with Crippen LogP contribution in [0, 0.1) is 6.92 Å². The van der Waals surface area contributed by atoms with Gasteiger partial charge in [0.1, 0.15) is 0 Å². The summed E-state index contributed by atoms with van der Waals surface area (Å²) < 4.78 is 39.1. The summed E-state index contributed by atoms with van der Waals surface area (Å²) in [7, 11) is -3.59. The molecular formula is C18H26N2O5S. The second-order valence-corrected chi connectivity index (χ2v) is 8.65. The fourth-order valence-corrected chi connectivity index (χ4v) is 5.03. The van der Waals surface area contributed by atoms with Crippen molar-refractivity contribution in [2.24, 2.45) is 0 Å². The van der Waals surface area contributed by atoms with E-state index in [9.17, 15) is 13.2 Å². The van der Waals surface area contributed by atoms with E-state index in [2.05, 4.69) is 5.32 Å². The number of hydrogen-bond acceptors (Lipinski definition) is 5. The average molecular weight is 382 g/mol. The van der Waals surface area contributed by atoms with Crippen molar-refractivity contribution in [3.05, 3.63) is 23.8 Å². The zero-order valence-corrected chi connectivity index (χ0v) is 16.1. The lowest BCUT2D eigenvalue weighted by Gasteiger charge is -2.42. The summed E-state index contributed by atoms with van der Waals surface area (Å²) in [5, 5.41) is 2.75. The number of nitrogens with zero attached hydrogens (tertiary/aromatic N) is 1. The molecule has 2 fully saturated rings. The van der Waals surface area contributed by atoms with Crippen LogP contribution >= 0.6 is 0 Å². The van der Waals surface area contributed by atoms with Crippen LogP contribution in [-0.2, 0) is 24.3 Å². The van der Waals surface area contributed by atoms with E-state index in [1.54, 1.807) is 32.0 Å². The molecule has 0 aliphatic carbocycles. The molecule has 1 aromatic rings. The molecule has 0 saturated carbocycles. The molecule has 2 saturated heterocycles. The first-order valence-electron chi connectivity index (χ1n) is 9.05. The van der Waals surface area contributed by atoms with Gasteiger partial charge in [0.25, 0.3) is 0 Å². The van der Waals surface area contributed by atoms with Gasteiger partial charge in [0.05, 0.1) is 18.1 Å². The number of hydrogen-bond donors (Lipinski definition) is 1. The molecule has 0 atom stereocenters. The summed E-state index contributed by atoms with van der Waals surface area (Å²) in [5.41, 5.74) is 1.22. The molecule has 2 heterocycles. The minimum absolute atomic E-state index is 0.103. The van der Waals surface area contributed by atoms with E-state index in [4.69, 9.17) is 9.47 Å². The molecule has 1 spiro atoms. The monoisotopic (exact) mass is 382 g/mol. The number of anilines is 1. The Morgan fingerprint density at radius 2 is 1.88 bits per heavy atom. The van der Waals surface area contributed by atoms with Crippen LogP contribution in [0.5, 0.6) is 0 Å². The van der Waals surface area contributed by atoms with E-state index in [0.29, 0.717) is 56.8 Å². The lowest BCUT2D eigenvalue weighted by molar-refractivity contribution is -0.280. The van der Waals surface area contributed by atoms with Crippen molar-refractivity contribution < 1.29 is 22.7 Å². The third kappa shape index (κ3) is 3.93. The highest BCUT2D eigenvalue weighted by Crippen LogP contribution is 2.33. The Morgan fingerprint density at radius 3 is 2.46 bits per heavy atom. The van der Waals surface area contributed by atoms with Gasteiger partial charge in [0.2, 0.25) is 15.9 Å². The first-order chi connectivity index (χ1) is 12.4. The van der Waals surface area contributed by atoms with E-state index in [-0.39, 0.29) is 10.8 Å². The number of aryl methyl sites for hydroxylation is 1. The Kier molecular flexibility index (Phi) is 5.67. The first kappa shape index (κ1) is 19.3. The molecule has 3 rings (SSSR count). The predicted molar refractivity (Wildman–Crippen MR) is 97.3 cm³/mol. The molecule has 0 unspecified atom stereocenters. The molecule has 0 bridgehead atoms. The molecule has 1 aromatic carbocycles. The van der Waals surface area contributed by atoms with Crippen LogP contribution in [0.4, 0.5) is 5.69 Å². The van der Waals surface area contributed by atoms with E-state index in [1.807, 2.05) is 0 Å². The van der Waals surface area contributed by atoms with Crippen LogP contribution in [0.25, 0.3) is 0 Å². The number of sulfonamides is 1. The third-order valence-corrected chi connectivity index (χ3v) is 6.96. The second-order valence-electron chi connectivity index (χ2n) is 6.75. The molecule has 8 heteroatoms. The van der Waals surface area contributed by atoms with Gasteiger partial charge < -0.3 is 14.8 Å². The number of piperidine rings is 1. The van der Waals surface area contributed by atoms with Gasteiger partial charge in [0.15, 0.2) is 5.79 Å². The maximum absolute atomic E-state index is 13.0. The fourth-order valence-electron chi connectivity index (χ4n) is 3.38. The Balaban J connectivity index is 1.73. The van der Waals surface area contributed by atoms with Gasteiger partial charge in [-0.05, 0) is 37.1 Å². The lowest BCUT2D eigenvalue weighted by Crippen LogP contribution is -2.51. The summed E-state index contributed by atoms with van der Waals surface area (Å²) in [6, 6.07) is 4.89. The number of benzene rings is 1. The Labute approximate surface area is 154 Å². The standard InChI is InChI=1S/C18H26N2O5S/c1-3-17(21)19-15-5-6-16(14(2)13-15)26(22,23)20-9-7-18(8-10-20)24-11-4-12-25-18/h5-6,13H,3-4,7-12H2,1-2H3,(H,19,21). The molecule has 26 heavy (non-hydrogen) atoms. The summed E-state index contributed by atoms with van der Waals surface area (Å²) in [5.74, 6) is -0.720. The summed E-state index contributed by atoms with van der Waals surface area (Å²) in [6.45, 7) is 5.58. The van der Waals surface area contributed by atoms with Crippen LogP contribution in [-0.4, -0.2) is 50.7 Å². The van der Waals surface area contributed by atoms with Gasteiger partial charge in [-0.25, -0.2) is 8.42 Å². The first-order valence-corrected chi connectivity index (χ1v) is 10.5. The van der Waals surface area contributed by atoms with Crippen LogP contribution in [0.15, 0.2) is 23.1 Å². The van der Waals surface area contributed by atoms with Gasteiger partial charge >= 0.3 is 0 Å². The van der Waals surface area contributed by atoms with E-state index >= 15 is 0 Å². The SMILES string of the molecule is CCC(=O)Nc1ccc(S(=O)(=O)N2CCC3(CC2)OCCCO3)c(C)c1. The molecule has 0 radical (unpaired) electrons. The highest BCUT2D eigenvalue weighted by molar-refractivity contribution is 7.89. The maximum atomic E-state index is 13.0. The zero-order valence-electron chi connectivity index (χ0n) is 15.3. The van der Waals surface area contributed by atoms with Crippen LogP contribution in [0.2, 0.25) is 0 Å². The van der Waals surface area contributed by atoms with E-state index in [1.165, 1.54) is 4.31 Å². The van der Waals surface area contributed by atoms with Gasteiger partial charge in [-0.2, -0.15) is 4.31 Å². The molecule has 2 aliphatic heterocycles. The second kappa shape index (κ2) is 7.64. The van der Waals surface area contributed by atoms with Crippen molar-refractivity contribution in [2.75, 3.05) is 31.6 Å². The van der Waals surface area contributed by atoms with Crippen molar-refractivity contribution in [3.63, 3.8) is 0 Å². The largest absolute Gasteiger partial charge is 0.350 e. The topological polar surface area (TPSA) is 84.9 Å². The maximum Gasteiger partial charge on any atom is 0.243 e. The van der Waals surface area contributed by atoms with Crippen molar-refractivity contribution >= 4 is 21.6 Å². The average Bonchev–Trinajstić information content (AvgIpc) is 2.62. The van der Waals surface area contributed by atoms with Gasteiger partial charge in [-0.1, -0.05) is 6.92 Å². The number of ether oxygens (including phenoxy) is 2. The van der Waals surface area contributed by atoms with E-state index in [0.717, 1.165) is 6.42 Å².